The summed E-state index contributed by atoms with van der Waals surface area (Å²) in [6, 6.07) is -0.288. The Hall–Kier alpha value is -2.99. The molecule has 33 heavy (non-hydrogen) atoms. The highest BCUT2D eigenvalue weighted by Gasteiger charge is 2.44. The summed E-state index contributed by atoms with van der Waals surface area (Å²) in [5.74, 6) is -2.61. The molecule has 0 bridgehead atoms. The Bertz CT molecular complexity index is 902. The third-order valence-electron chi connectivity index (χ3n) is 5.31. The molecule has 0 aromatic heterocycles. The van der Waals surface area contributed by atoms with Gasteiger partial charge in [-0.05, 0) is 31.5 Å². The maximum Gasteiger partial charge on any atom is 0.417 e. The summed E-state index contributed by atoms with van der Waals surface area (Å²) in [4.78, 5) is 38.2. The van der Waals surface area contributed by atoms with Gasteiger partial charge in [0.2, 0.25) is 5.91 Å². The molecule has 0 spiro atoms. The number of hydrogen-bond acceptors (Lipinski definition) is 5. The minimum atomic E-state index is -5.26. The van der Waals surface area contributed by atoms with Gasteiger partial charge in [0.25, 0.3) is 0 Å². The lowest BCUT2D eigenvalue weighted by atomic mass is 10.0. The van der Waals surface area contributed by atoms with Gasteiger partial charge in [0.05, 0.1) is 18.2 Å². The fraction of sp³-hybridized carbons (Fsp3) is 0.550. The van der Waals surface area contributed by atoms with E-state index in [1.54, 1.807) is 0 Å². The number of halogens is 6. The first-order valence-electron chi connectivity index (χ1n) is 9.81. The second kappa shape index (κ2) is 9.87. The summed E-state index contributed by atoms with van der Waals surface area (Å²) in [6.07, 6.45) is -11.4. The number of carboxylic acids is 1. The maximum absolute atomic E-state index is 13.3. The van der Waals surface area contributed by atoms with Crippen molar-refractivity contribution in [3.63, 3.8) is 0 Å². The molecule has 1 saturated heterocycles. The van der Waals surface area contributed by atoms with Gasteiger partial charge in [-0.25, -0.2) is 4.79 Å². The van der Waals surface area contributed by atoms with Crippen LogP contribution < -0.4 is 4.90 Å². The molecule has 2 atom stereocenters. The molecule has 0 unspecified atom stereocenters. The minimum Gasteiger partial charge on any atom is -0.481 e. The zero-order chi connectivity index (χ0) is 25.1. The third kappa shape index (κ3) is 6.29. The number of alkyl halides is 6. The molecule has 13 heteroatoms. The summed E-state index contributed by atoms with van der Waals surface area (Å²) in [7, 11) is 1.06. The number of benzene rings is 1. The van der Waals surface area contributed by atoms with Crippen molar-refractivity contribution in [1.82, 2.24) is 4.90 Å². The van der Waals surface area contributed by atoms with E-state index < -0.39 is 59.8 Å². The summed E-state index contributed by atoms with van der Waals surface area (Å²) >= 11 is 0. The second-order valence-electron chi connectivity index (χ2n) is 7.54. The number of carbonyl (C=O) groups excluding carboxylic acids is 2. The number of ether oxygens (including phenoxy) is 1. The Balaban J connectivity index is 2.39. The average molecular weight is 484 g/mol. The highest BCUT2D eigenvalue weighted by Crippen LogP contribution is 2.42. The van der Waals surface area contributed by atoms with Crippen molar-refractivity contribution >= 4 is 23.5 Å². The van der Waals surface area contributed by atoms with Gasteiger partial charge in [-0.2, -0.15) is 26.3 Å². The van der Waals surface area contributed by atoms with E-state index in [2.05, 4.69) is 4.74 Å². The Morgan fingerprint density at radius 1 is 1.15 bits per heavy atom. The van der Waals surface area contributed by atoms with Gasteiger partial charge in [-0.3, -0.25) is 9.59 Å². The van der Waals surface area contributed by atoms with Crippen LogP contribution in [0.25, 0.3) is 0 Å². The third-order valence-corrected chi connectivity index (χ3v) is 5.31. The molecular weight excluding hydrogens is 462 g/mol. The summed E-state index contributed by atoms with van der Waals surface area (Å²) < 4.78 is 83.9. The normalized spacial score (nSPS) is 18.7. The molecular formula is C20H22F6N2O5. The van der Waals surface area contributed by atoms with Crippen LogP contribution >= 0.6 is 0 Å². The van der Waals surface area contributed by atoms with E-state index in [4.69, 9.17) is 5.11 Å². The van der Waals surface area contributed by atoms with E-state index in [0.29, 0.717) is 12.1 Å². The highest BCUT2D eigenvalue weighted by atomic mass is 19.4. The van der Waals surface area contributed by atoms with Crippen LogP contribution in [0.5, 0.6) is 0 Å². The van der Waals surface area contributed by atoms with Crippen LogP contribution in [-0.4, -0.2) is 60.1 Å². The van der Waals surface area contributed by atoms with Crippen LogP contribution in [0.4, 0.5) is 32.0 Å². The van der Waals surface area contributed by atoms with E-state index in [-0.39, 0.29) is 31.6 Å². The van der Waals surface area contributed by atoms with Crippen molar-refractivity contribution in [2.45, 2.75) is 50.6 Å². The largest absolute Gasteiger partial charge is 0.481 e. The first-order chi connectivity index (χ1) is 15.2. The van der Waals surface area contributed by atoms with E-state index in [1.807, 2.05) is 0 Å². The SMILES string of the molecule is COC(=O)[C@H](CCC(=O)O)N1C[C@@H](C)N(c2ccc(C(F)(F)F)c(C(F)(F)F)c2)CCC1=O. The molecule has 1 fully saturated rings. The number of aliphatic carboxylic acids is 1. The molecule has 1 amide bonds. The van der Waals surface area contributed by atoms with Crippen LogP contribution in [0, 0.1) is 0 Å². The number of anilines is 1. The Labute approximate surface area is 184 Å². The standard InChI is InChI=1S/C20H22F6N2O5/c1-11-10-28(15(18(32)33-2)5-6-17(30)31)16(29)7-8-27(11)12-3-4-13(19(21,22)23)14(9-12)20(24,25)26/h3-4,9,11,15H,5-8,10H2,1-2H3,(H,30,31)/t11-,15+/m1/s1. The van der Waals surface area contributed by atoms with Gasteiger partial charge < -0.3 is 19.6 Å². The molecule has 1 aliphatic heterocycles. The van der Waals surface area contributed by atoms with Crippen LogP contribution in [0.3, 0.4) is 0 Å². The topological polar surface area (TPSA) is 87.2 Å². The molecule has 2 rings (SSSR count). The van der Waals surface area contributed by atoms with Gasteiger partial charge in [-0.15, -0.1) is 0 Å². The fourth-order valence-electron chi connectivity index (χ4n) is 3.74. The number of carboxylic acid groups (broad SMARTS) is 1. The van der Waals surface area contributed by atoms with Crippen molar-refractivity contribution in [3.8, 4) is 0 Å². The van der Waals surface area contributed by atoms with Gasteiger partial charge in [0.1, 0.15) is 6.04 Å². The molecule has 0 aliphatic carbocycles. The quantitative estimate of drug-likeness (QED) is 0.491. The van der Waals surface area contributed by atoms with Crippen molar-refractivity contribution in [2.75, 3.05) is 25.1 Å². The molecule has 1 aromatic rings. The van der Waals surface area contributed by atoms with Crippen molar-refractivity contribution in [2.24, 2.45) is 0 Å². The van der Waals surface area contributed by atoms with Gasteiger partial charge in [-0.1, -0.05) is 0 Å². The summed E-state index contributed by atoms with van der Waals surface area (Å²) in [5.41, 5.74) is -3.84. The number of methoxy groups -OCH3 is 1. The van der Waals surface area contributed by atoms with Crippen LogP contribution in [-0.2, 0) is 31.5 Å². The van der Waals surface area contributed by atoms with Crippen molar-refractivity contribution in [3.05, 3.63) is 29.3 Å². The Morgan fingerprint density at radius 3 is 2.27 bits per heavy atom. The van der Waals surface area contributed by atoms with Crippen molar-refractivity contribution in [1.29, 1.82) is 0 Å². The molecule has 1 N–H and O–H groups in total. The Kier molecular flexibility index (Phi) is 7.86. The second-order valence-corrected chi connectivity index (χ2v) is 7.54. The predicted molar refractivity (Wildman–Crippen MR) is 102 cm³/mol. The van der Waals surface area contributed by atoms with E-state index in [1.165, 1.54) is 11.8 Å². The van der Waals surface area contributed by atoms with E-state index in [0.717, 1.165) is 18.1 Å². The average Bonchev–Trinajstić information content (AvgIpc) is 2.84. The number of rotatable bonds is 6. The number of hydrogen-bond donors (Lipinski definition) is 1. The number of amides is 1. The summed E-state index contributed by atoms with van der Waals surface area (Å²) in [5, 5.41) is 8.91. The number of nitrogens with zero attached hydrogens (tertiary/aromatic N) is 2. The molecule has 0 radical (unpaired) electrons. The summed E-state index contributed by atoms with van der Waals surface area (Å²) in [6.45, 7) is 1.23. The van der Waals surface area contributed by atoms with Crippen LogP contribution in [0.2, 0.25) is 0 Å². The first kappa shape index (κ1) is 26.3. The van der Waals surface area contributed by atoms with Gasteiger partial charge >= 0.3 is 24.3 Å². The van der Waals surface area contributed by atoms with E-state index in [9.17, 15) is 40.7 Å². The molecule has 1 aliphatic rings. The first-order valence-corrected chi connectivity index (χ1v) is 9.81. The van der Waals surface area contributed by atoms with Gasteiger partial charge in [0.15, 0.2) is 0 Å². The molecule has 1 heterocycles. The lowest BCUT2D eigenvalue weighted by Crippen LogP contribution is -2.49. The smallest absolute Gasteiger partial charge is 0.417 e. The highest BCUT2D eigenvalue weighted by molar-refractivity contribution is 5.85. The zero-order valence-corrected chi connectivity index (χ0v) is 17.7. The number of esters is 1. The fourth-order valence-corrected chi connectivity index (χ4v) is 3.74. The molecule has 1 aromatic carbocycles. The van der Waals surface area contributed by atoms with Gasteiger partial charge in [0, 0.05) is 37.7 Å². The minimum absolute atomic E-state index is 0.119. The van der Waals surface area contributed by atoms with Crippen LogP contribution in [0.1, 0.15) is 37.3 Å². The monoisotopic (exact) mass is 484 g/mol. The molecule has 0 saturated carbocycles. The maximum atomic E-state index is 13.3. The van der Waals surface area contributed by atoms with E-state index >= 15 is 0 Å². The molecule has 7 nitrogen and oxygen atoms in total. The Morgan fingerprint density at radius 2 is 1.76 bits per heavy atom. The number of carbonyl (C=O) groups is 3. The lowest BCUT2D eigenvalue weighted by Gasteiger charge is -2.33. The van der Waals surface area contributed by atoms with Crippen molar-refractivity contribution < 1.29 is 50.6 Å². The van der Waals surface area contributed by atoms with Crippen LogP contribution in [0.15, 0.2) is 18.2 Å². The predicted octanol–water partition coefficient (Wildman–Crippen LogP) is 3.56. The zero-order valence-electron chi connectivity index (χ0n) is 17.7. The molecule has 184 valence electrons. The lowest BCUT2D eigenvalue weighted by molar-refractivity contribution is -0.162.